The van der Waals surface area contributed by atoms with Crippen molar-refractivity contribution >= 4 is 28.6 Å². The number of hydrogen-bond donors (Lipinski definition) is 2. The van der Waals surface area contributed by atoms with E-state index >= 15 is 0 Å². The van der Waals surface area contributed by atoms with Gasteiger partial charge in [0, 0.05) is 12.3 Å². The van der Waals surface area contributed by atoms with Crippen molar-refractivity contribution in [2.45, 2.75) is 13.2 Å². The van der Waals surface area contributed by atoms with Crippen molar-refractivity contribution in [3.63, 3.8) is 0 Å². The van der Waals surface area contributed by atoms with Gasteiger partial charge in [-0.3, -0.25) is 0 Å². The van der Waals surface area contributed by atoms with E-state index in [0.717, 1.165) is 0 Å². The average molecular weight is 376 g/mol. The highest BCUT2D eigenvalue weighted by Gasteiger charge is 2.14. The number of ether oxygens (including phenoxy) is 1. The van der Waals surface area contributed by atoms with E-state index in [9.17, 15) is 4.79 Å². The summed E-state index contributed by atoms with van der Waals surface area (Å²) < 4.78 is 10.9. The number of pyridine rings is 1. The van der Waals surface area contributed by atoms with Gasteiger partial charge in [0.25, 0.3) is 0 Å². The second-order valence-corrected chi connectivity index (χ2v) is 4.53. The van der Waals surface area contributed by atoms with Crippen LogP contribution in [0.4, 0.5) is 0 Å². The number of carboxylic acids is 1. The standard InChI is InChI=1S/C11H9IN2O5/c12-10-7(8(4-15)19-14-10)5-18-9-2-1-6(3-13-9)11(16)17/h1-3,15H,4-5H2,(H,16,17). The van der Waals surface area contributed by atoms with Gasteiger partial charge in [-0.15, -0.1) is 0 Å². The van der Waals surface area contributed by atoms with Crippen LogP contribution in [0.2, 0.25) is 0 Å². The third kappa shape index (κ3) is 3.20. The van der Waals surface area contributed by atoms with E-state index in [2.05, 4.69) is 10.1 Å². The lowest BCUT2D eigenvalue weighted by molar-refractivity contribution is 0.0696. The largest absolute Gasteiger partial charge is 0.478 e. The summed E-state index contributed by atoms with van der Waals surface area (Å²) in [5, 5.41) is 21.5. The molecule has 100 valence electrons. The van der Waals surface area contributed by atoms with E-state index in [1.54, 1.807) is 0 Å². The van der Waals surface area contributed by atoms with Crippen molar-refractivity contribution < 1.29 is 24.3 Å². The third-order valence-electron chi connectivity index (χ3n) is 2.31. The zero-order chi connectivity index (χ0) is 13.8. The second-order valence-electron chi connectivity index (χ2n) is 3.51. The highest BCUT2D eigenvalue weighted by atomic mass is 127. The van der Waals surface area contributed by atoms with Crippen LogP contribution >= 0.6 is 22.6 Å². The Morgan fingerprint density at radius 3 is 2.84 bits per heavy atom. The number of aromatic carboxylic acids is 1. The van der Waals surface area contributed by atoms with Crippen molar-refractivity contribution in [3.8, 4) is 5.88 Å². The number of aliphatic hydroxyl groups excluding tert-OH is 1. The first-order valence-corrected chi connectivity index (χ1v) is 6.25. The van der Waals surface area contributed by atoms with Crippen LogP contribution in [0, 0.1) is 3.70 Å². The predicted molar refractivity (Wildman–Crippen MR) is 70.7 cm³/mol. The van der Waals surface area contributed by atoms with Gasteiger partial charge in [0.1, 0.15) is 13.2 Å². The Bertz CT molecular complexity index is 581. The van der Waals surface area contributed by atoms with Crippen LogP contribution in [0.25, 0.3) is 0 Å². The molecule has 0 aliphatic carbocycles. The Morgan fingerprint density at radius 1 is 1.47 bits per heavy atom. The summed E-state index contributed by atoms with van der Waals surface area (Å²) in [6.45, 7) is -0.128. The maximum atomic E-state index is 10.7. The number of carbonyl (C=O) groups is 1. The summed E-state index contributed by atoms with van der Waals surface area (Å²) >= 11 is 1.97. The number of hydrogen-bond acceptors (Lipinski definition) is 6. The number of nitrogens with zero attached hydrogens (tertiary/aromatic N) is 2. The molecule has 0 saturated heterocycles. The Balaban J connectivity index is 2.06. The van der Waals surface area contributed by atoms with Crippen LogP contribution in [0.1, 0.15) is 21.7 Å². The maximum Gasteiger partial charge on any atom is 0.337 e. The van der Waals surface area contributed by atoms with Gasteiger partial charge < -0.3 is 19.5 Å². The van der Waals surface area contributed by atoms with Crippen molar-refractivity contribution in [2.75, 3.05) is 0 Å². The number of carboxylic acid groups (broad SMARTS) is 1. The molecule has 0 bridgehead atoms. The summed E-state index contributed by atoms with van der Waals surface area (Å²) in [4.78, 5) is 14.5. The van der Waals surface area contributed by atoms with Crippen LogP contribution in [-0.4, -0.2) is 26.3 Å². The van der Waals surface area contributed by atoms with Crippen LogP contribution in [0.3, 0.4) is 0 Å². The molecule has 2 aromatic heterocycles. The summed E-state index contributed by atoms with van der Waals surface area (Å²) in [7, 11) is 0. The van der Waals surface area contributed by atoms with Gasteiger partial charge in [0.05, 0.1) is 11.1 Å². The van der Waals surface area contributed by atoms with Gasteiger partial charge in [-0.25, -0.2) is 9.78 Å². The fourth-order valence-electron chi connectivity index (χ4n) is 1.32. The summed E-state index contributed by atoms with van der Waals surface area (Å²) in [5.74, 6) is -0.423. The molecule has 8 heteroatoms. The quantitative estimate of drug-likeness (QED) is 0.761. The average Bonchev–Trinajstić information content (AvgIpc) is 2.77. The van der Waals surface area contributed by atoms with E-state index in [-0.39, 0.29) is 24.7 Å². The monoisotopic (exact) mass is 376 g/mol. The van der Waals surface area contributed by atoms with E-state index in [4.69, 9.17) is 19.5 Å². The molecule has 0 aliphatic rings. The first kappa shape index (κ1) is 13.7. The van der Waals surface area contributed by atoms with E-state index < -0.39 is 5.97 Å². The summed E-state index contributed by atoms with van der Waals surface area (Å²) in [6, 6.07) is 2.86. The zero-order valence-corrected chi connectivity index (χ0v) is 11.7. The van der Waals surface area contributed by atoms with Gasteiger partial charge in [-0.2, -0.15) is 0 Å². The number of aliphatic hydroxyl groups is 1. The normalized spacial score (nSPS) is 10.4. The molecule has 0 atom stereocenters. The Hall–Kier alpha value is -1.68. The topological polar surface area (TPSA) is 106 Å². The van der Waals surface area contributed by atoms with Gasteiger partial charge >= 0.3 is 5.97 Å². The SMILES string of the molecule is O=C(O)c1ccc(OCc2c(I)noc2CO)nc1. The number of aromatic nitrogens is 2. The van der Waals surface area contributed by atoms with Crippen LogP contribution in [0.5, 0.6) is 5.88 Å². The molecule has 0 aliphatic heterocycles. The van der Waals surface area contributed by atoms with Crippen LogP contribution in [0.15, 0.2) is 22.9 Å². The third-order valence-corrected chi connectivity index (χ3v) is 3.16. The molecule has 0 saturated carbocycles. The molecule has 2 aromatic rings. The molecule has 2 rings (SSSR count). The minimum absolute atomic E-state index is 0.0861. The molecule has 19 heavy (non-hydrogen) atoms. The minimum Gasteiger partial charge on any atom is -0.478 e. The van der Waals surface area contributed by atoms with Crippen molar-refractivity contribution in [3.05, 3.63) is 38.9 Å². The van der Waals surface area contributed by atoms with Gasteiger partial charge in [0.15, 0.2) is 9.46 Å². The van der Waals surface area contributed by atoms with E-state index in [1.165, 1.54) is 18.3 Å². The van der Waals surface area contributed by atoms with Crippen molar-refractivity contribution in [1.29, 1.82) is 0 Å². The predicted octanol–water partition coefficient (Wildman–Crippen LogP) is 1.44. The molecule has 2 heterocycles. The van der Waals surface area contributed by atoms with Gasteiger partial charge in [0.2, 0.25) is 5.88 Å². The maximum absolute atomic E-state index is 10.7. The van der Waals surface area contributed by atoms with E-state index in [1.807, 2.05) is 22.6 Å². The first-order valence-electron chi connectivity index (χ1n) is 5.17. The lowest BCUT2D eigenvalue weighted by Gasteiger charge is -2.04. The smallest absolute Gasteiger partial charge is 0.337 e. The second kappa shape index (κ2) is 5.97. The highest BCUT2D eigenvalue weighted by Crippen LogP contribution is 2.18. The first-order chi connectivity index (χ1) is 9.11. The fourth-order valence-corrected chi connectivity index (χ4v) is 1.88. The summed E-state index contributed by atoms with van der Waals surface area (Å²) in [6.07, 6.45) is 1.21. The molecule has 0 fully saturated rings. The highest BCUT2D eigenvalue weighted by molar-refractivity contribution is 14.1. The lowest BCUT2D eigenvalue weighted by atomic mass is 10.3. The van der Waals surface area contributed by atoms with Gasteiger partial charge in [-0.1, -0.05) is 5.16 Å². The Morgan fingerprint density at radius 2 is 2.26 bits per heavy atom. The zero-order valence-electron chi connectivity index (χ0n) is 9.54. The molecular formula is C11H9IN2O5. The molecule has 2 N–H and O–H groups in total. The Kier molecular flexibility index (Phi) is 4.32. The summed E-state index contributed by atoms with van der Waals surface area (Å²) in [5.41, 5.74) is 0.732. The molecular weight excluding hydrogens is 367 g/mol. The van der Waals surface area contributed by atoms with Crippen molar-refractivity contribution in [2.24, 2.45) is 0 Å². The lowest BCUT2D eigenvalue weighted by Crippen LogP contribution is -2.02. The molecule has 0 radical (unpaired) electrons. The molecule has 0 amide bonds. The number of halogens is 1. The molecule has 0 aromatic carbocycles. The van der Waals surface area contributed by atoms with Crippen LogP contribution < -0.4 is 4.74 Å². The van der Waals surface area contributed by atoms with Crippen LogP contribution in [-0.2, 0) is 13.2 Å². The van der Waals surface area contributed by atoms with Crippen molar-refractivity contribution in [1.82, 2.24) is 10.1 Å². The van der Waals surface area contributed by atoms with E-state index in [0.29, 0.717) is 15.0 Å². The Labute approximate surface area is 121 Å². The molecule has 0 spiro atoms. The van der Waals surface area contributed by atoms with Gasteiger partial charge in [-0.05, 0) is 28.7 Å². The molecule has 7 nitrogen and oxygen atoms in total. The minimum atomic E-state index is -1.05. The molecule has 0 unspecified atom stereocenters. The number of rotatable bonds is 5. The fraction of sp³-hybridized carbons (Fsp3) is 0.182.